The molecule has 0 N–H and O–H groups in total. The molecule has 1 atom stereocenters. The van der Waals surface area contributed by atoms with Gasteiger partial charge < -0.3 is 4.90 Å². The van der Waals surface area contributed by atoms with E-state index in [1.165, 1.54) is 0 Å². The smallest absolute Gasteiger partial charge is 0.243 e. The Labute approximate surface area is 144 Å². The van der Waals surface area contributed by atoms with Gasteiger partial charge in [0.25, 0.3) is 0 Å². The molecule has 0 amide bonds. The van der Waals surface area contributed by atoms with E-state index < -0.39 is 10.0 Å². The molecule has 1 aliphatic heterocycles. The Hall–Kier alpha value is -1.92. The van der Waals surface area contributed by atoms with Gasteiger partial charge in [0.05, 0.1) is 10.9 Å². The van der Waals surface area contributed by atoms with Crippen molar-refractivity contribution < 1.29 is 8.42 Å². The highest BCUT2D eigenvalue weighted by Crippen LogP contribution is 2.39. The number of aryl methyl sites for hydroxylation is 1. The van der Waals surface area contributed by atoms with Crippen molar-refractivity contribution in [2.24, 2.45) is 0 Å². The van der Waals surface area contributed by atoms with E-state index in [1.54, 1.807) is 22.6 Å². The van der Waals surface area contributed by atoms with Gasteiger partial charge in [-0.15, -0.1) is 0 Å². The van der Waals surface area contributed by atoms with E-state index >= 15 is 0 Å². The quantitative estimate of drug-likeness (QED) is 0.855. The van der Waals surface area contributed by atoms with E-state index in [-0.39, 0.29) is 6.04 Å². The lowest BCUT2D eigenvalue weighted by Gasteiger charge is -2.27. The predicted octanol–water partition coefficient (Wildman–Crippen LogP) is 2.98. The third-order valence-electron chi connectivity index (χ3n) is 4.43. The molecule has 0 aliphatic carbocycles. The van der Waals surface area contributed by atoms with E-state index in [0.717, 1.165) is 29.8 Å². The van der Waals surface area contributed by atoms with Crippen molar-refractivity contribution in [3.05, 3.63) is 53.7 Å². The number of rotatable bonds is 4. The SMILES string of the molecule is Cc1ccc(S(=O)(=O)N2CCC[C@H]2c2cccnc2N(C)C)cc1. The van der Waals surface area contributed by atoms with Gasteiger partial charge in [-0.2, -0.15) is 4.31 Å². The maximum absolute atomic E-state index is 13.1. The Morgan fingerprint density at radius 1 is 1.17 bits per heavy atom. The van der Waals surface area contributed by atoms with Crippen LogP contribution in [0.3, 0.4) is 0 Å². The molecule has 2 aromatic rings. The number of aromatic nitrogens is 1. The molecule has 128 valence electrons. The molecular formula is C18H23N3O2S. The number of benzene rings is 1. The molecular weight excluding hydrogens is 322 g/mol. The molecule has 0 radical (unpaired) electrons. The number of hydrogen-bond donors (Lipinski definition) is 0. The van der Waals surface area contributed by atoms with Gasteiger partial charge >= 0.3 is 0 Å². The Bertz CT molecular complexity index is 816. The topological polar surface area (TPSA) is 53.5 Å². The van der Waals surface area contributed by atoms with Crippen molar-refractivity contribution >= 4 is 15.8 Å². The fourth-order valence-electron chi connectivity index (χ4n) is 3.23. The predicted molar refractivity (Wildman–Crippen MR) is 95.6 cm³/mol. The Morgan fingerprint density at radius 3 is 2.54 bits per heavy atom. The monoisotopic (exact) mass is 345 g/mol. The maximum Gasteiger partial charge on any atom is 0.243 e. The van der Waals surface area contributed by atoms with Crippen molar-refractivity contribution in [3.63, 3.8) is 0 Å². The lowest BCUT2D eigenvalue weighted by molar-refractivity contribution is 0.396. The first-order valence-corrected chi connectivity index (χ1v) is 9.56. The third-order valence-corrected chi connectivity index (χ3v) is 6.35. The summed E-state index contributed by atoms with van der Waals surface area (Å²) in [5.41, 5.74) is 2.02. The van der Waals surface area contributed by atoms with Crippen LogP contribution in [0.1, 0.15) is 30.0 Å². The van der Waals surface area contributed by atoms with Crippen molar-refractivity contribution in [2.45, 2.75) is 30.7 Å². The molecule has 0 saturated carbocycles. The average molecular weight is 345 g/mol. The lowest BCUT2D eigenvalue weighted by Crippen LogP contribution is -2.31. The zero-order valence-electron chi connectivity index (χ0n) is 14.3. The van der Waals surface area contributed by atoms with Crippen molar-refractivity contribution in [1.29, 1.82) is 0 Å². The van der Waals surface area contributed by atoms with Crippen LogP contribution in [0.2, 0.25) is 0 Å². The molecule has 1 aromatic heterocycles. The fourth-order valence-corrected chi connectivity index (χ4v) is 4.90. The summed E-state index contributed by atoms with van der Waals surface area (Å²) in [7, 11) is 0.352. The minimum Gasteiger partial charge on any atom is -0.362 e. The highest BCUT2D eigenvalue weighted by Gasteiger charge is 2.37. The maximum atomic E-state index is 13.1. The van der Waals surface area contributed by atoms with Crippen LogP contribution < -0.4 is 4.90 Å². The van der Waals surface area contributed by atoms with Crippen LogP contribution in [0.5, 0.6) is 0 Å². The van der Waals surface area contributed by atoms with Gasteiger partial charge in [0.2, 0.25) is 10.0 Å². The summed E-state index contributed by atoms with van der Waals surface area (Å²) in [5, 5.41) is 0. The summed E-state index contributed by atoms with van der Waals surface area (Å²) in [6.07, 6.45) is 3.42. The average Bonchev–Trinajstić information content (AvgIpc) is 3.05. The summed E-state index contributed by atoms with van der Waals surface area (Å²) < 4.78 is 27.8. The first kappa shape index (κ1) is 16.9. The molecule has 0 spiro atoms. The first-order chi connectivity index (χ1) is 11.4. The zero-order chi connectivity index (χ0) is 17.3. The molecule has 0 unspecified atom stereocenters. The summed E-state index contributed by atoms with van der Waals surface area (Å²) in [6.45, 7) is 2.50. The fraction of sp³-hybridized carbons (Fsp3) is 0.389. The highest BCUT2D eigenvalue weighted by molar-refractivity contribution is 7.89. The second-order valence-corrected chi connectivity index (χ2v) is 8.29. The molecule has 1 fully saturated rings. The summed E-state index contributed by atoms with van der Waals surface area (Å²) >= 11 is 0. The summed E-state index contributed by atoms with van der Waals surface area (Å²) in [6, 6.07) is 10.8. The van der Waals surface area contributed by atoms with Crippen LogP contribution in [0.25, 0.3) is 0 Å². The molecule has 1 aliphatic rings. The Balaban J connectivity index is 2.01. The van der Waals surface area contributed by atoms with Crippen LogP contribution in [-0.4, -0.2) is 38.3 Å². The van der Waals surface area contributed by atoms with Gasteiger partial charge in [0.15, 0.2) is 0 Å². The van der Waals surface area contributed by atoms with E-state index in [9.17, 15) is 8.42 Å². The summed E-state index contributed by atoms with van der Waals surface area (Å²) in [5.74, 6) is 0.827. The van der Waals surface area contributed by atoms with Gasteiger partial charge in [-0.3, -0.25) is 0 Å². The number of sulfonamides is 1. The van der Waals surface area contributed by atoms with Crippen LogP contribution >= 0.6 is 0 Å². The van der Waals surface area contributed by atoms with Gasteiger partial charge in [-0.1, -0.05) is 23.8 Å². The minimum atomic E-state index is -3.51. The minimum absolute atomic E-state index is 0.164. The van der Waals surface area contributed by atoms with Crippen LogP contribution in [0.15, 0.2) is 47.5 Å². The normalized spacial score (nSPS) is 18.7. The van der Waals surface area contributed by atoms with Crippen molar-refractivity contribution in [2.75, 3.05) is 25.5 Å². The number of hydrogen-bond acceptors (Lipinski definition) is 4. The largest absolute Gasteiger partial charge is 0.362 e. The molecule has 1 aromatic carbocycles. The van der Waals surface area contributed by atoms with Crippen LogP contribution in [0.4, 0.5) is 5.82 Å². The van der Waals surface area contributed by atoms with E-state index in [4.69, 9.17) is 0 Å². The Kier molecular flexibility index (Phi) is 4.60. The molecule has 24 heavy (non-hydrogen) atoms. The second kappa shape index (κ2) is 6.53. The second-order valence-electron chi connectivity index (χ2n) is 6.40. The lowest BCUT2D eigenvalue weighted by atomic mass is 10.1. The van der Waals surface area contributed by atoms with Crippen LogP contribution in [0, 0.1) is 6.92 Å². The van der Waals surface area contributed by atoms with E-state index in [1.807, 2.05) is 50.2 Å². The molecule has 0 bridgehead atoms. The summed E-state index contributed by atoms with van der Waals surface area (Å²) in [4.78, 5) is 6.72. The third kappa shape index (κ3) is 3.03. The van der Waals surface area contributed by atoms with Gasteiger partial charge in [0.1, 0.15) is 5.82 Å². The highest BCUT2D eigenvalue weighted by atomic mass is 32.2. The van der Waals surface area contributed by atoms with E-state index in [0.29, 0.717) is 11.4 Å². The Morgan fingerprint density at radius 2 is 1.88 bits per heavy atom. The van der Waals surface area contributed by atoms with Crippen molar-refractivity contribution in [3.8, 4) is 0 Å². The van der Waals surface area contributed by atoms with Gasteiger partial charge in [-0.25, -0.2) is 13.4 Å². The number of nitrogens with zero attached hydrogens (tertiary/aromatic N) is 3. The standard InChI is InChI=1S/C18H23N3O2S/c1-14-8-10-15(11-9-14)24(22,23)21-13-5-7-17(21)16-6-4-12-19-18(16)20(2)3/h4,6,8-12,17H,5,7,13H2,1-3H3/t17-/m0/s1. The van der Waals surface area contributed by atoms with Crippen LogP contribution in [-0.2, 0) is 10.0 Å². The van der Waals surface area contributed by atoms with Crippen molar-refractivity contribution in [1.82, 2.24) is 9.29 Å². The molecule has 1 saturated heterocycles. The first-order valence-electron chi connectivity index (χ1n) is 8.12. The number of pyridine rings is 1. The zero-order valence-corrected chi connectivity index (χ0v) is 15.1. The van der Waals surface area contributed by atoms with Gasteiger partial charge in [0, 0.05) is 32.4 Å². The van der Waals surface area contributed by atoms with Gasteiger partial charge in [-0.05, 0) is 38.0 Å². The molecule has 6 heteroatoms. The number of anilines is 1. The molecule has 2 heterocycles. The van der Waals surface area contributed by atoms with E-state index in [2.05, 4.69) is 4.98 Å². The molecule has 5 nitrogen and oxygen atoms in total. The molecule has 3 rings (SSSR count).